The number of alkyl halides is 3. The van der Waals surface area contributed by atoms with Crippen molar-refractivity contribution in [1.29, 1.82) is 0 Å². The Kier molecular flexibility index (Phi) is 2.12. The third kappa shape index (κ3) is 1.44. The van der Waals surface area contributed by atoms with Gasteiger partial charge >= 0.3 is 6.18 Å². The smallest absolute Gasteiger partial charge is 0.270 e. The van der Waals surface area contributed by atoms with Gasteiger partial charge in [-0.15, -0.1) is 0 Å². The first-order valence-electron chi connectivity index (χ1n) is 3.56. The Labute approximate surface area is 68.0 Å². The summed E-state index contributed by atoms with van der Waals surface area (Å²) in [7, 11) is 0. The minimum Gasteiger partial charge on any atom is -0.270 e. The van der Waals surface area contributed by atoms with Crippen molar-refractivity contribution in [2.45, 2.75) is 26.6 Å². The Bertz CT molecular complexity index is 275. The lowest BCUT2D eigenvalue weighted by Crippen LogP contribution is -2.07. The van der Waals surface area contributed by atoms with Gasteiger partial charge in [-0.3, -0.25) is 4.68 Å². The third-order valence-electron chi connectivity index (χ3n) is 1.71. The summed E-state index contributed by atoms with van der Waals surface area (Å²) in [5.74, 6) is 0. The highest BCUT2D eigenvalue weighted by atomic mass is 19.4. The summed E-state index contributed by atoms with van der Waals surface area (Å²) in [6, 6.07) is 0. The fourth-order valence-corrected chi connectivity index (χ4v) is 1.04. The molecule has 2 nitrogen and oxygen atoms in total. The molecule has 12 heavy (non-hydrogen) atoms. The minimum absolute atomic E-state index is 0.171. The zero-order valence-electron chi connectivity index (χ0n) is 6.81. The molecule has 0 aliphatic heterocycles. The van der Waals surface area contributed by atoms with Crippen molar-refractivity contribution in [1.82, 2.24) is 9.78 Å². The maximum atomic E-state index is 12.1. The summed E-state index contributed by atoms with van der Waals surface area (Å²) in [4.78, 5) is 0. The highest BCUT2D eigenvalue weighted by molar-refractivity contribution is 5.19. The van der Waals surface area contributed by atoms with E-state index in [0.29, 0.717) is 6.54 Å². The normalized spacial score (nSPS) is 12.1. The average molecular weight is 178 g/mol. The van der Waals surface area contributed by atoms with Gasteiger partial charge in [0.05, 0.1) is 11.8 Å². The first-order valence-corrected chi connectivity index (χ1v) is 3.56. The molecule has 68 valence electrons. The first-order chi connectivity index (χ1) is 5.46. The summed E-state index contributed by atoms with van der Waals surface area (Å²) in [6.07, 6.45) is -3.42. The van der Waals surface area contributed by atoms with E-state index in [1.807, 2.05) is 0 Å². The lowest BCUT2D eigenvalue weighted by atomic mass is 10.2. The highest BCUT2D eigenvalue weighted by Crippen LogP contribution is 2.31. The molecule has 0 aliphatic rings. The van der Waals surface area contributed by atoms with E-state index >= 15 is 0 Å². The van der Waals surface area contributed by atoms with Crippen molar-refractivity contribution >= 4 is 0 Å². The molecular formula is C7H9F3N2. The Morgan fingerprint density at radius 2 is 2.08 bits per heavy atom. The van der Waals surface area contributed by atoms with E-state index in [-0.39, 0.29) is 5.69 Å². The summed E-state index contributed by atoms with van der Waals surface area (Å²) < 4.78 is 37.8. The lowest BCUT2D eigenvalue weighted by molar-refractivity contribution is -0.138. The van der Waals surface area contributed by atoms with Gasteiger partial charge in [0.25, 0.3) is 0 Å². The summed E-state index contributed by atoms with van der Waals surface area (Å²) in [5.41, 5.74) is -0.477. The number of nitrogens with zero attached hydrogens (tertiary/aromatic N) is 2. The molecule has 0 radical (unpaired) electrons. The van der Waals surface area contributed by atoms with Gasteiger partial charge in [0, 0.05) is 12.2 Å². The van der Waals surface area contributed by atoms with Gasteiger partial charge in [-0.05, 0) is 13.8 Å². The van der Waals surface area contributed by atoms with Gasteiger partial charge in [0.2, 0.25) is 0 Å². The van der Waals surface area contributed by atoms with Crippen LogP contribution in [0.25, 0.3) is 0 Å². The lowest BCUT2D eigenvalue weighted by Gasteiger charge is -2.05. The largest absolute Gasteiger partial charge is 0.419 e. The quantitative estimate of drug-likeness (QED) is 0.644. The molecule has 1 aromatic rings. The number of aryl methyl sites for hydroxylation is 1. The van der Waals surface area contributed by atoms with Crippen LogP contribution in [0.15, 0.2) is 6.20 Å². The fraction of sp³-hybridized carbons (Fsp3) is 0.571. The van der Waals surface area contributed by atoms with E-state index < -0.39 is 11.7 Å². The van der Waals surface area contributed by atoms with Crippen molar-refractivity contribution in [2.24, 2.45) is 0 Å². The molecule has 0 atom stereocenters. The zero-order valence-corrected chi connectivity index (χ0v) is 6.81. The third-order valence-corrected chi connectivity index (χ3v) is 1.71. The summed E-state index contributed by atoms with van der Waals surface area (Å²) in [6.45, 7) is 3.63. The van der Waals surface area contributed by atoms with Gasteiger partial charge in [0.1, 0.15) is 0 Å². The van der Waals surface area contributed by atoms with Crippen molar-refractivity contribution in [2.75, 3.05) is 0 Å². The molecule has 0 bridgehead atoms. The topological polar surface area (TPSA) is 17.8 Å². The van der Waals surface area contributed by atoms with E-state index in [1.54, 1.807) is 6.92 Å². The molecule has 1 rings (SSSR count). The average Bonchev–Trinajstić information content (AvgIpc) is 2.29. The van der Waals surface area contributed by atoms with Gasteiger partial charge in [-0.25, -0.2) is 0 Å². The first kappa shape index (κ1) is 9.09. The number of hydrogen-bond donors (Lipinski definition) is 0. The molecule has 0 amide bonds. The van der Waals surface area contributed by atoms with Gasteiger partial charge in [0.15, 0.2) is 0 Å². The summed E-state index contributed by atoms with van der Waals surface area (Å²) in [5, 5.41) is 3.60. The molecular weight excluding hydrogens is 169 g/mol. The van der Waals surface area contributed by atoms with Gasteiger partial charge in [-0.2, -0.15) is 18.3 Å². The van der Waals surface area contributed by atoms with E-state index in [2.05, 4.69) is 5.10 Å². The Hall–Kier alpha value is -1.00. The molecule has 0 aromatic carbocycles. The van der Waals surface area contributed by atoms with Crippen LogP contribution < -0.4 is 0 Å². The zero-order chi connectivity index (χ0) is 9.35. The van der Waals surface area contributed by atoms with Crippen molar-refractivity contribution < 1.29 is 13.2 Å². The molecule has 0 aliphatic carbocycles. The van der Waals surface area contributed by atoms with Crippen LogP contribution in [-0.4, -0.2) is 9.78 Å². The van der Waals surface area contributed by atoms with Crippen LogP contribution in [0.3, 0.4) is 0 Å². The van der Waals surface area contributed by atoms with Crippen LogP contribution in [0.2, 0.25) is 0 Å². The van der Waals surface area contributed by atoms with Crippen LogP contribution in [0.5, 0.6) is 0 Å². The molecule has 1 heterocycles. The van der Waals surface area contributed by atoms with E-state index in [1.165, 1.54) is 11.6 Å². The van der Waals surface area contributed by atoms with Crippen LogP contribution in [0, 0.1) is 6.92 Å². The second-order valence-electron chi connectivity index (χ2n) is 2.46. The fourth-order valence-electron chi connectivity index (χ4n) is 1.04. The number of hydrogen-bond acceptors (Lipinski definition) is 1. The molecule has 5 heteroatoms. The molecule has 0 fully saturated rings. The second kappa shape index (κ2) is 2.80. The van der Waals surface area contributed by atoms with Crippen LogP contribution >= 0.6 is 0 Å². The number of halogens is 3. The standard InChI is InChI=1S/C7H9F3N2/c1-3-12-5(2)6(4-11-12)7(8,9)10/h4H,3H2,1-2H3. The van der Waals surface area contributed by atoms with Crippen molar-refractivity contribution in [3.63, 3.8) is 0 Å². The molecule has 0 saturated heterocycles. The second-order valence-corrected chi connectivity index (χ2v) is 2.46. The Balaban J connectivity index is 3.11. The maximum absolute atomic E-state index is 12.1. The van der Waals surface area contributed by atoms with E-state index in [4.69, 9.17) is 0 Å². The van der Waals surface area contributed by atoms with E-state index in [0.717, 1.165) is 6.20 Å². The van der Waals surface area contributed by atoms with Crippen LogP contribution in [0.1, 0.15) is 18.2 Å². The van der Waals surface area contributed by atoms with Crippen molar-refractivity contribution in [3.8, 4) is 0 Å². The highest BCUT2D eigenvalue weighted by Gasteiger charge is 2.34. The van der Waals surface area contributed by atoms with Crippen molar-refractivity contribution in [3.05, 3.63) is 17.5 Å². The molecule has 0 saturated carbocycles. The molecule has 0 unspecified atom stereocenters. The Morgan fingerprint density at radius 3 is 2.33 bits per heavy atom. The summed E-state index contributed by atoms with van der Waals surface area (Å²) >= 11 is 0. The van der Waals surface area contributed by atoms with Crippen LogP contribution in [-0.2, 0) is 12.7 Å². The predicted molar refractivity (Wildman–Crippen MR) is 37.6 cm³/mol. The molecule has 0 spiro atoms. The minimum atomic E-state index is -4.28. The maximum Gasteiger partial charge on any atom is 0.419 e. The monoisotopic (exact) mass is 178 g/mol. The molecule has 1 aromatic heterocycles. The molecule has 0 N–H and O–H groups in total. The predicted octanol–water partition coefficient (Wildman–Crippen LogP) is 2.23. The van der Waals surface area contributed by atoms with E-state index in [9.17, 15) is 13.2 Å². The Morgan fingerprint density at radius 1 is 1.50 bits per heavy atom. The SMILES string of the molecule is CCn1ncc(C(F)(F)F)c1C. The van der Waals surface area contributed by atoms with Gasteiger partial charge in [-0.1, -0.05) is 0 Å². The number of rotatable bonds is 1. The number of aromatic nitrogens is 2. The van der Waals surface area contributed by atoms with Crippen LogP contribution in [0.4, 0.5) is 13.2 Å². The van der Waals surface area contributed by atoms with Gasteiger partial charge < -0.3 is 0 Å².